The van der Waals surface area contributed by atoms with E-state index in [1.807, 2.05) is 37.3 Å². The second-order valence-electron chi connectivity index (χ2n) is 2.58. The van der Waals surface area contributed by atoms with Gasteiger partial charge in [-0.05, 0) is 18.6 Å². The Hall–Kier alpha value is -0.460. The summed E-state index contributed by atoms with van der Waals surface area (Å²) in [5, 5.41) is 0.766. The van der Waals surface area contributed by atoms with E-state index in [2.05, 4.69) is 0 Å². The van der Waals surface area contributed by atoms with E-state index < -0.39 is 0 Å². The van der Waals surface area contributed by atoms with Gasteiger partial charge < -0.3 is 0 Å². The summed E-state index contributed by atoms with van der Waals surface area (Å²) < 4.78 is 0. The van der Waals surface area contributed by atoms with Crippen LogP contribution in [-0.2, 0) is 0 Å². The summed E-state index contributed by atoms with van der Waals surface area (Å²) in [6.45, 7) is 2.04. The van der Waals surface area contributed by atoms with Gasteiger partial charge in [0.2, 0.25) is 0 Å². The molecule has 1 aromatic carbocycles. The Labute approximate surface area is 82.8 Å². The Balaban J connectivity index is 2.97. The van der Waals surface area contributed by atoms with Gasteiger partial charge in [-0.3, -0.25) is 0 Å². The highest BCUT2D eigenvalue weighted by molar-refractivity contribution is 6.32. The first kappa shape index (κ1) is 9.63. The third-order valence-corrected chi connectivity index (χ3v) is 2.06. The zero-order valence-corrected chi connectivity index (χ0v) is 8.36. The molecule has 1 aromatic rings. The number of hydrogen-bond donors (Lipinski definition) is 0. The number of benzene rings is 1. The van der Waals surface area contributed by atoms with E-state index in [0.29, 0.717) is 5.88 Å². The number of alkyl halides is 1. The molecular formula is C10H10Cl2. The molecule has 0 fully saturated rings. The molecule has 0 heterocycles. The first-order valence-corrected chi connectivity index (χ1v) is 4.64. The van der Waals surface area contributed by atoms with Crippen molar-refractivity contribution in [3.05, 3.63) is 40.4 Å². The van der Waals surface area contributed by atoms with Crippen LogP contribution >= 0.6 is 23.2 Å². The molecule has 0 aliphatic carbocycles. The van der Waals surface area contributed by atoms with Crippen LogP contribution in [0, 0.1) is 6.92 Å². The van der Waals surface area contributed by atoms with Crippen molar-refractivity contribution in [3.63, 3.8) is 0 Å². The molecule has 0 spiro atoms. The SMILES string of the molecule is Cc1ccc(Cl)c(C=CCCl)c1. The number of hydrogen-bond acceptors (Lipinski definition) is 0. The Bertz CT molecular complexity index is 290. The number of allylic oxidation sites excluding steroid dienone is 1. The molecule has 0 amide bonds. The fourth-order valence-electron chi connectivity index (χ4n) is 0.962. The van der Waals surface area contributed by atoms with Crippen molar-refractivity contribution in [3.8, 4) is 0 Å². The average molecular weight is 201 g/mol. The van der Waals surface area contributed by atoms with Gasteiger partial charge in [0.25, 0.3) is 0 Å². The zero-order chi connectivity index (χ0) is 8.97. The maximum absolute atomic E-state index is 5.94. The second-order valence-corrected chi connectivity index (χ2v) is 3.30. The molecule has 0 bridgehead atoms. The lowest BCUT2D eigenvalue weighted by atomic mass is 10.1. The third kappa shape index (κ3) is 2.54. The van der Waals surface area contributed by atoms with Crippen molar-refractivity contribution in [2.24, 2.45) is 0 Å². The van der Waals surface area contributed by atoms with Crippen LogP contribution in [0.15, 0.2) is 24.3 Å². The molecule has 64 valence electrons. The number of rotatable bonds is 2. The topological polar surface area (TPSA) is 0 Å². The van der Waals surface area contributed by atoms with Gasteiger partial charge in [-0.25, -0.2) is 0 Å². The standard InChI is InChI=1S/C10H10Cl2/c1-8-4-5-10(12)9(7-8)3-2-6-11/h2-5,7H,6H2,1H3. The van der Waals surface area contributed by atoms with E-state index >= 15 is 0 Å². The molecular weight excluding hydrogens is 191 g/mol. The molecule has 1 rings (SSSR count). The molecule has 0 aromatic heterocycles. The van der Waals surface area contributed by atoms with Gasteiger partial charge in [0.1, 0.15) is 0 Å². The molecule has 12 heavy (non-hydrogen) atoms. The monoisotopic (exact) mass is 200 g/mol. The lowest BCUT2D eigenvalue weighted by molar-refractivity contribution is 1.46. The van der Waals surface area contributed by atoms with Gasteiger partial charge >= 0.3 is 0 Å². The van der Waals surface area contributed by atoms with Crippen LogP contribution in [0.2, 0.25) is 5.02 Å². The normalized spacial score (nSPS) is 10.9. The van der Waals surface area contributed by atoms with E-state index in [0.717, 1.165) is 10.6 Å². The van der Waals surface area contributed by atoms with Gasteiger partial charge in [-0.15, -0.1) is 11.6 Å². The van der Waals surface area contributed by atoms with E-state index in [-0.39, 0.29) is 0 Å². The Morgan fingerprint density at radius 1 is 1.42 bits per heavy atom. The first-order chi connectivity index (χ1) is 5.74. The lowest BCUT2D eigenvalue weighted by Crippen LogP contribution is -1.77. The van der Waals surface area contributed by atoms with Crippen LogP contribution in [0.4, 0.5) is 0 Å². The maximum Gasteiger partial charge on any atom is 0.0478 e. The Morgan fingerprint density at radius 3 is 2.83 bits per heavy atom. The van der Waals surface area contributed by atoms with Gasteiger partial charge in [-0.1, -0.05) is 41.4 Å². The van der Waals surface area contributed by atoms with Crippen LogP contribution in [0.1, 0.15) is 11.1 Å². The summed E-state index contributed by atoms with van der Waals surface area (Å²) in [5.41, 5.74) is 2.23. The summed E-state index contributed by atoms with van der Waals surface area (Å²) in [7, 11) is 0. The Morgan fingerprint density at radius 2 is 2.17 bits per heavy atom. The summed E-state index contributed by atoms with van der Waals surface area (Å²) in [5.74, 6) is 0.518. The second kappa shape index (κ2) is 4.54. The van der Waals surface area contributed by atoms with Crippen LogP contribution in [0.25, 0.3) is 6.08 Å². The van der Waals surface area contributed by atoms with E-state index in [1.54, 1.807) is 0 Å². The van der Waals surface area contributed by atoms with Gasteiger partial charge in [0.05, 0.1) is 0 Å². The largest absolute Gasteiger partial charge is 0.122 e. The molecule has 0 aliphatic rings. The highest BCUT2D eigenvalue weighted by atomic mass is 35.5. The zero-order valence-electron chi connectivity index (χ0n) is 6.85. The average Bonchev–Trinajstić information content (AvgIpc) is 2.07. The smallest absolute Gasteiger partial charge is 0.0478 e. The highest BCUT2D eigenvalue weighted by Crippen LogP contribution is 2.18. The van der Waals surface area contributed by atoms with Crippen molar-refractivity contribution in [1.82, 2.24) is 0 Å². The fourth-order valence-corrected chi connectivity index (χ4v) is 1.23. The third-order valence-electron chi connectivity index (χ3n) is 1.54. The minimum Gasteiger partial charge on any atom is -0.122 e. The molecule has 0 radical (unpaired) electrons. The maximum atomic E-state index is 5.94. The molecule has 0 N–H and O–H groups in total. The van der Waals surface area contributed by atoms with Crippen molar-refractivity contribution in [2.75, 3.05) is 5.88 Å². The van der Waals surface area contributed by atoms with E-state index in [1.165, 1.54) is 5.56 Å². The predicted octanol–water partition coefficient (Wildman–Crippen LogP) is 3.90. The molecule has 0 saturated carbocycles. The summed E-state index contributed by atoms with van der Waals surface area (Å²) in [6.07, 6.45) is 3.81. The summed E-state index contributed by atoms with van der Waals surface area (Å²) in [6, 6.07) is 5.91. The van der Waals surface area contributed by atoms with Gasteiger partial charge in [0.15, 0.2) is 0 Å². The predicted molar refractivity (Wildman–Crippen MR) is 55.9 cm³/mol. The first-order valence-electron chi connectivity index (χ1n) is 3.72. The van der Waals surface area contributed by atoms with Crippen LogP contribution in [0.5, 0.6) is 0 Å². The van der Waals surface area contributed by atoms with Crippen molar-refractivity contribution < 1.29 is 0 Å². The minimum atomic E-state index is 0.518. The molecule has 0 unspecified atom stereocenters. The quantitative estimate of drug-likeness (QED) is 0.636. The Kier molecular flexibility index (Phi) is 3.64. The lowest BCUT2D eigenvalue weighted by Gasteiger charge is -1.98. The molecule has 0 nitrogen and oxygen atoms in total. The summed E-state index contributed by atoms with van der Waals surface area (Å²) >= 11 is 11.5. The molecule has 0 atom stereocenters. The fraction of sp³-hybridized carbons (Fsp3) is 0.200. The number of halogens is 2. The molecule has 0 saturated heterocycles. The molecule has 0 aliphatic heterocycles. The van der Waals surface area contributed by atoms with Crippen LogP contribution < -0.4 is 0 Å². The van der Waals surface area contributed by atoms with E-state index in [4.69, 9.17) is 23.2 Å². The highest BCUT2D eigenvalue weighted by Gasteiger charge is 1.94. The summed E-state index contributed by atoms with van der Waals surface area (Å²) in [4.78, 5) is 0. The van der Waals surface area contributed by atoms with Crippen LogP contribution in [0.3, 0.4) is 0 Å². The van der Waals surface area contributed by atoms with E-state index in [9.17, 15) is 0 Å². The molecule has 2 heteroatoms. The van der Waals surface area contributed by atoms with Crippen LogP contribution in [-0.4, -0.2) is 5.88 Å². The van der Waals surface area contributed by atoms with Gasteiger partial charge in [-0.2, -0.15) is 0 Å². The van der Waals surface area contributed by atoms with Gasteiger partial charge in [0, 0.05) is 10.9 Å². The van der Waals surface area contributed by atoms with Crippen molar-refractivity contribution in [1.29, 1.82) is 0 Å². The minimum absolute atomic E-state index is 0.518. The van der Waals surface area contributed by atoms with Crippen molar-refractivity contribution >= 4 is 29.3 Å². The van der Waals surface area contributed by atoms with Crippen molar-refractivity contribution in [2.45, 2.75) is 6.92 Å². The number of aryl methyl sites for hydroxylation is 1.